The Hall–Kier alpha value is -0.900. The Kier molecular flexibility index (Phi) is 2.51. The standard InChI is InChI=1S/C14H18O3/c1-14-7-6-9-4-2-3-5-10(9)13(14)17-8-11(15)12(14)16/h2-5,11-13,15-16H,6-8H2,1H3/t11-,12-,13-,14+/m0/s1. The van der Waals surface area contributed by atoms with E-state index in [0.717, 1.165) is 12.8 Å². The molecular weight excluding hydrogens is 216 g/mol. The Labute approximate surface area is 101 Å². The fourth-order valence-corrected chi connectivity index (χ4v) is 3.22. The number of hydrogen-bond donors (Lipinski definition) is 2. The molecule has 1 saturated heterocycles. The third-order valence-corrected chi connectivity index (χ3v) is 4.34. The molecule has 3 heteroatoms. The normalized spacial score (nSPS) is 40.5. The van der Waals surface area contributed by atoms with Crippen molar-refractivity contribution < 1.29 is 14.9 Å². The fraction of sp³-hybridized carbons (Fsp3) is 0.571. The molecule has 0 spiro atoms. The van der Waals surface area contributed by atoms with Crippen molar-refractivity contribution in [1.82, 2.24) is 0 Å². The summed E-state index contributed by atoms with van der Waals surface area (Å²) in [4.78, 5) is 0. The second kappa shape index (κ2) is 3.80. The lowest BCUT2D eigenvalue weighted by atomic mass is 9.65. The topological polar surface area (TPSA) is 49.7 Å². The average molecular weight is 234 g/mol. The molecule has 4 atom stereocenters. The molecular formula is C14H18O3. The van der Waals surface area contributed by atoms with Gasteiger partial charge in [0.1, 0.15) is 6.10 Å². The van der Waals surface area contributed by atoms with E-state index < -0.39 is 12.2 Å². The first-order valence-electron chi connectivity index (χ1n) is 6.18. The van der Waals surface area contributed by atoms with Gasteiger partial charge in [-0.3, -0.25) is 0 Å². The van der Waals surface area contributed by atoms with E-state index in [4.69, 9.17) is 4.74 Å². The molecule has 1 heterocycles. The molecule has 3 rings (SSSR count). The smallest absolute Gasteiger partial charge is 0.104 e. The van der Waals surface area contributed by atoms with E-state index in [1.807, 2.05) is 19.1 Å². The number of fused-ring (bicyclic) bond motifs is 3. The number of benzene rings is 1. The SMILES string of the molecule is C[C@]12CCc3ccccc3[C@@H]1OC[C@H](O)[C@@H]2O. The van der Waals surface area contributed by atoms with Crippen LogP contribution in [0.2, 0.25) is 0 Å². The van der Waals surface area contributed by atoms with E-state index >= 15 is 0 Å². The zero-order chi connectivity index (χ0) is 12.0. The highest BCUT2D eigenvalue weighted by molar-refractivity contribution is 5.34. The minimum atomic E-state index is -0.762. The molecule has 1 fully saturated rings. The monoisotopic (exact) mass is 234 g/mol. The van der Waals surface area contributed by atoms with Crippen LogP contribution in [0.25, 0.3) is 0 Å². The van der Waals surface area contributed by atoms with Gasteiger partial charge < -0.3 is 14.9 Å². The van der Waals surface area contributed by atoms with Crippen molar-refractivity contribution in [1.29, 1.82) is 0 Å². The predicted molar refractivity (Wildman–Crippen MR) is 63.6 cm³/mol. The maximum atomic E-state index is 10.2. The molecule has 3 nitrogen and oxygen atoms in total. The highest BCUT2D eigenvalue weighted by atomic mass is 16.5. The quantitative estimate of drug-likeness (QED) is 0.714. The van der Waals surface area contributed by atoms with E-state index in [0.29, 0.717) is 0 Å². The van der Waals surface area contributed by atoms with Gasteiger partial charge in [0.2, 0.25) is 0 Å². The van der Waals surface area contributed by atoms with Crippen molar-refractivity contribution in [3.63, 3.8) is 0 Å². The van der Waals surface area contributed by atoms with Crippen molar-refractivity contribution in [2.75, 3.05) is 6.61 Å². The molecule has 1 aliphatic carbocycles. The average Bonchev–Trinajstić information content (AvgIpc) is 2.35. The molecule has 0 radical (unpaired) electrons. The molecule has 0 aromatic heterocycles. The second-order valence-corrected chi connectivity index (χ2v) is 5.43. The van der Waals surface area contributed by atoms with Crippen molar-refractivity contribution in [3.8, 4) is 0 Å². The zero-order valence-electron chi connectivity index (χ0n) is 9.97. The first-order valence-corrected chi connectivity index (χ1v) is 6.18. The molecule has 17 heavy (non-hydrogen) atoms. The summed E-state index contributed by atoms with van der Waals surface area (Å²) in [6.45, 7) is 2.23. The van der Waals surface area contributed by atoms with Gasteiger partial charge in [0.25, 0.3) is 0 Å². The number of ether oxygens (including phenoxy) is 1. The third kappa shape index (κ3) is 1.53. The minimum absolute atomic E-state index is 0.0918. The van der Waals surface area contributed by atoms with Crippen LogP contribution < -0.4 is 0 Å². The van der Waals surface area contributed by atoms with Gasteiger partial charge in [0, 0.05) is 5.41 Å². The minimum Gasteiger partial charge on any atom is -0.390 e. The van der Waals surface area contributed by atoms with Gasteiger partial charge in [-0.15, -0.1) is 0 Å². The third-order valence-electron chi connectivity index (χ3n) is 4.34. The lowest BCUT2D eigenvalue weighted by Gasteiger charge is -2.50. The molecule has 0 bridgehead atoms. The molecule has 0 amide bonds. The van der Waals surface area contributed by atoms with Crippen LogP contribution in [0.1, 0.15) is 30.6 Å². The van der Waals surface area contributed by atoms with Crippen molar-refractivity contribution in [2.45, 2.75) is 38.1 Å². The molecule has 1 aromatic carbocycles. The number of hydrogen-bond acceptors (Lipinski definition) is 3. The molecule has 1 aromatic rings. The van der Waals surface area contributed by atoms with Gasteiger partial charge in [-0.2, -0.15) is 0 Å². The summed E-state index contributed by atoms with van der Waals surface area (Å²) in [6.07, 6.45) is 0.241. The van der Waals surface area contributed by atoms with Gasteiger partial charge in [0.15, 0.2) is 0 Å². The molecule has 0 saturated carbocycles. The van der Waals surface area contributed by atoms with Crippen LogP contribution in [0.5, 0.6) is 0 Å². The summed E-state index contributed by atoms with van der Waals surface area (Å²) >= 11 is 0. The van der Waals surface area contributed by atoms with E-state index in [1.165, 1.54) is 11.1 Å². The Morgan fingerprint density at radius 3 is 2.88 bits per heavy atom. The van der Waals surface area contributed by atoms with E-state index in [9.17, 15) is 10.2 Å². The van der Waals surface area contributed by atoms with Crippen LogP contribution in [-0.2, 0) is 11.2 Å². The maximum absolute atomic E-state index is 10.2. The Bertz CT molecular complexity index is 431. The van der Waals surface area contributed by atoms with Gasteiger partial charge in [0.05, 0.1) is 18.8 Å². The van der Waals surface area contributed by atoms with Crippen LogP contribution >= 0.6 is 0 Å². The van der Waals surface area contributed by atoms with Crippen molar-refractivity contribution in [3.05, 3.63) is 35.4 Å². The fourth-order valence-electron chi connectivity index (χ4n) is 3.22. The van der Waals surface area contributed by atoms with Crippen LogP contribution in [0.4, 0.5) is 0 Å². The first kappa shape index (κ1) is 11.2. The zero-order valence-corrected chi connectivity index (χ0v) is 9.97. The van der Waals surface area contributed by atoms with Crippen molar-refractivity contribution >= 4 is 0 Å². The summed E-state index contributed by atoms with van der Waals surface area (Å²) in [7, 11) is 0. The Morgan fingerprint density at radius 1 is 1.29 bits per heavy atom. The summed E-state index contributed by atoms with van der Waals surface area (Å²) in [5, 5.41) is 20.0. The molecule has 2 N–H and O–H groups in total. The highest BCUT2D eigenvalue weighted by Crippen LogP contribution is 2.51. The van der Waals surface area contributed by atoms with Crippen LogP contribution in [0, 0.1) is 5.41 Å². The van der Waals surface area contributed by atoms with Gasteiger partial charge in [-0.1, -0.05) is 31.2 Å². The second-order valence-electron chi connectivity index (χ2n) is 5.43. The lowest BCUT2D eigenvalue weighted by molar-refractivity contribution is -0.208. The summed E-state index contributed by atoms with van der Waals surface area (Å²) < 4.78 is 5.78. The first-order chi connectivity index (χ1) is 8.13. The number of aliphatic hydroxyl groups is 2. The maximum Gasteiger partial charge on any atom is 0.104 e. The predicted octanol–water partition coefficient (Wildman–Crippen LogP) is 1.43. The van der Waals surface area contributed by atoms with E-state index in [1.54, 1.807) is 0 Å². The summed E-state index contributed by atoms with van der Waals surface area (Å²) in [5.41, 5.74) is 2.11. The summed E-state index contributed by atoms with van der Waals surface area (Å²) in [6, 6.07) is 8.23. The van der Waals surface area contributed by atoms with Crippen molar-refractivity contribution in [2.24, 2.45) is 5.41 Å². The number of aliphatic hydroxyl groups excluding tert-OH is 2. The van der Waals surface area contributed by atoms with Crippen LogP contribution in [-0.4, -0.2) is 29.0 Å². The highest BCUT2D eigenvalue weighted by Gasteiger charge is 2.51. The largest absolute Gasteiger partial charge is 0.390 e. The number of aryl methyl sites for hydroxylation is 1. The van der Waals surface area contributed by atoms with Gasteiger partial charge in [-0.05, 0) is 24.0 Å². The van der Waals surface area contributed by atoms with E-state index in [2.05, 4.69) is 12.1 Å². The van der Waals surface area contributed by atoms with Gasteiger partial charge in [-0.25, -0.2) is 0 Å². The Balaban J connectivity index is 2.04. The summed E-state index contributed by atoms with van der Waals surface area (Å²) in [5.74, 6) is 0. The lowest BCUT2D eigenvalue weighted by Crippen LogP contribution is -2.54. The van der Waals surface area contributed by atoms with E-state index in [-0.39, 0.29) is 18.1 Å². The number of rotatable bonds is 0. The molecule has 92 valence electrons. The molecule has 0 unspecified atom stereocenters. The molecule has 2 aliphatic rings. The van der Waals surface area contributed by atoms with Gasteiger partial charge >= 0.3 is 0 Å². The molecule has 1 aliphatic heterocycles. The van der Waals surface area contributed by atoms with Crippen LogP contribution in [0.3, 0.4) is 0 Å². The Morgan fingerprint density at radius 2 is 2.06 bits per heavy atom. The van der Waals surface area contributed by atoms with Crippen LogP contribution in [0.15, 0.2) is 24.3 Å².